The van der Waals surface area contributed by atoms with Crippen LogP contribution in [0.5, 0.6) is 0 Å². The minimum atomic E-state index is 0.206. The van der Waals surface area contributed by atoms with Gasteiger partial charge in [-0.25, -0.2) is 0 Å². The van der Waals surface area contributed by atoms with Gasteiger partial charge in [-0.05, 0) is 31.0 Å². The van der Waals surface area contributed by atoms with Crippen LogP contribution in [0.2, 0.25) is 5.02 Å². The van der Waals surface area contributed by atoms with Crippen LogP contribution in [0.25, 0.3) is 0 Å². The van der Waals surface area contributed by atoms with Crippen LogP contribution in [0.15, 0.2) is 24.3 Å². The second-order valence-electron chi connectivity index (χ2n) is 4.04. The Bertz CT molecular complexity index is 329. The van der Waals surface area contributed by atoms with E-state index in [1.807, 2.05) is 24.3 Å². The minimum absolute atomic E-state index is 0.206. The summed E-state index contributed by atoms with van der Waals surface area (Å²) in [6.07, 6.45) is 2.20. The third-order valence-corrected chi connectivity index (χ3v) is 3.41. The molecule has 0 spiro atoms. The third kappa shape index (κ3) is 2.33. The molecule has 1 aromatic rings. The van der Waals surface area contributed by atoms with Crippen LogP contribution in [0.4, 0.5) is 0 Å². The molecular weight excluding hydrogens is 210 g/mol. The highest BCUT2D eigenvalue weighted by Gasteiger charge is 2.26. The van der Waals surface area contributed by atoms with E-state index in [2.05, 4.69) is 5.32 Å². The summed E-state index contributed by atoms with van der Waals surface area (Å²) in [5, 5.41) is 13.6. The van der Waals surface area contributed by atoms with Crippen LogP contribution in [0.1, 0.15) is 24.4 Å². The molecule has 3 heteroatoms. The van der Waals surface area contributed by atoms with Gasteiger partial charge in [-0.3, -0.25) is 0 Å². The summed E-state index contributed by atoms with van der Waals surface area (Å²) in [6, 6.07) is 8.07. The van der Waals surface area contributed by atoms with Gasteiger partial charge in [-0.1, -0.05) is 29.8 Å². The molecule has 2 atom stereocenters. The summed E-state index contributed by atoms with van der Waals surface area (Å²) >= 11 is 6.16. The first kappa shape index (κ1) is 10.9. The van der Waals surface area contributed by atoms with E-state index in [1.165, 1.54) is 0 Å². The molecule has 1 aliphatic rings. The third-order valence-electron chi connectivity index (χ3n) is 3.06. The monoisotopic (exact) mass is 225 g/mol. The molecule has 0 bridgehead atoms. The Balaban J connectivity index is 2.24. The predicted molar refractivity (Wildman–Crippen MR) is 62.0 cm³/mol. The van der Waals surface area contributed by atoms with Crippen molar-refractivity contribution in [2.75, 3.05) is 13.2 Å². The fraction of sp³-hybridized carbons (Fsp3) is 0.500. The van der Waals surface area contributed by atoms with E-state index < -0.39 is 0 Å². The number of aliphatic hydroxyl groups excluding tert-OH is 1. The summed E-state index contributed by atoms with van der Waals surface area (Å²) in [5.74, 6) is 0.290. The maximum absolute atomic E-state index is 9.33. The summed E-state index contributed by atoms with van der Waals surface area (Å²) in [5.41, 5.74) is 1.11. The highest BCUT2D eigenvalue weighted by atomic mass is 35.5. The van der Waals surface area contributed by atoms with E-state index in [0.717, 1.165) is 30.0 Å². The molecule has 0 aliphatic carbocycles. The van der Waals surface area contributed by atoms with Crippen molar-refractivity contribution in [1.29, 1.82) is 0 Å². The number of piperidine rings is 1. The van der Waals surface area contributed by atoms with Gasteiger partial charge in [0.25, 0.3) is 0 Å². The summed E-state index contributed by atoms with van der Waals surface area (Å²) in [4.78, 5) is 0. The van der Waals surface area contributed by atoms with Crippen LogP contribution >= 0.6 is 11.6 Å². The Morgan fingerprint density at radius 1 is 1.40 bits per heavy atom. The van der Waals surface area contributed by atoms with Crippen molar-refractivity contribution in [3.05, 3.63) is 34.9 Å². The van der Waals surface area contributed by atoms with Crippen molar-refractivity contribution in [3.8, 4) is 0 Å². The average molecular weight is 226 g/mol. The fourth-order valence-corrected chi connectivity index (χ4v) is 2.50. The Hall–Kier alpha value is -0.570. The first-order chi connectivity index (χ1) is 7.33. The lowest BCUT2D eigenvalue weighted by atomic mass is 9.87. The molecule has 2 nitrogen and oxygen atoms in total. The molecule has 1 heterocycles. The Morgan fingerprint density at radius 3 is 2.93 bits per heavy atom. The molecule has 0 amide bonds. The SMILES string of the molecule is OCC1CCCNC1c1ccccc1Cl. The van der Waals surface area contributed by atoms with Gasteiger partial charge in [0.1, 0.15) is 0 Å². The number of hydrogen-bond acceptors (Lipinski definition) is 2. The summed E-state index contributed by atoms with van der Waals surface area (Å²) < 4.78 is 0. The lowest BCUT2D eigenvalue weighted by Crippen LogP contribution is -2.36. The van der Waals surface area contributed by atoms with Crippen LogP contribution in [-0.2, 0) is 0 Å². The molecule has 0 saturated carbocycles. The van der Waals surface area contributed by atoms with Gasteiger partial charge in [0.2, 0.25) is 0 Å². The van der Waals surface area contributed by atoms with E-state index in [1.54, 1.807) is 0 Å². The Labute approximate surface area is 95.3 Å². The molecule has 82 valence electrons. The molecule has 1 saturated heterocycles. The lowest BCUT2D eigenvalue weighted by molar-refractivity contribution is 0.160. The van der Waals surface area contributed by atoms with Crippen molar-refractivity contribution >= 4 is 11.6 Å². The summed E-state index contributed by atoms with van der Waals surface area (Å²) in [7, 11) is 0. The average Bonchev–Trinajstić information content (AvgIpc) is 2.30. The Kier molecular flexibility index (Phi) is 3.62. The fourth-order valence-electron chi connectivity index (χ4n) is 2.24. The molecule has 0 radical (unpaired) electrons. The minimum Gasteiger partial charge on any atom is -0.396 e. The molecule has 2 N–H and O–H groups in total. The van der Waals surface area contributed by atoms with Crippen molar-refractivity contribution in [1.82, 2.24) is 5.32 Å². The van der Waals surface area contributed by atoms with Crippen molar-refractivity contribution in [3.63, 3.8) is 0 Å². The van der Waals surface area contributed by atoms with Gasteiger partial charge in [0.15, 0.2) is 0 Å². The number of halogens is 1. The van der Waals surface area contributed by atoms with E-state index in [4.69, 9.17) is 11.6 Å². The molecule has 2 rings (SSSR count). The topological polar surface area (TPSA) is 32.3 Å². The van der Waals surface area contributed by atoms with Gasteiger partial charge in [-0.2, -0.15) is 0 Å². The first-order valence-electron chi connectivity index (χ1n) is 5.41. The lowest BCUT2D eigenvalue weighted by Gasteiger charge is -2.32. The van der Waals surface area contributed by atoms with Crippen LogP contribution in [0, 0.1) is 5.92 Å². The number of aliphatic hydroxyl groups is 1. The molecule has 1 fully saturated rings. The number of benzene rings is 1. The highest BCUT2D eigenvalue weighted by Crippen LogP contribution is 2.32. The zero-order valence-corrected chi connectivity index (χ0v) is 9.37. The van der Waals surface area contributed by atoms with Crippen molar-refractivity contribution in [2.45, 2.75) is 18.9 Å². The first-order valence-corrected chi connectivity index (χ1v) is 5.79. The second kappa shape index (κ2) is 4.97. The van der Waals surface area contributed by atoms with Gasteiger partial charge < -0.3 is 10.4 Å². The zero-order valence-electron chi connectivity index (χ0n) is 8.62. The van der Waals surface area contributed by atoms with Crippen LogP contribution < -0.4 is 5.32 Å². The largest absolute Gasteiger partial charge is 0.396 e. The quantitative estimate of drug-likeness (QED) is 0.810. The number of nitrogens with one attached hydrogen (secondary N) is 1. The molecule has 1 aliphatic heterocycles. The molecular formula is C12H16ClNO. The van der Waals surface area contributed by atoms with Crippen molar-refractivity contribution < 1.29 is 5.11 Å². The van der Waals surface area contributed by atoms with Crippen molar-refractivity contribution in [2.24, 2.45) is 5.92 Å². The standard InChI is InChI=1S/C12H16ClNO/c13-11-6-2-1-5-10(11)12-9(8-15)4-3-7-14-12/h1-2,5-6,9,12,14-15H,3-4,7-8H2. The molecule has 1 aromatic carbocycles. The molecule has 0 aromatic heterocycles. The number of hydrogen-bond donors (Lipinski definition) is 2. The van der Waals surface area contributed by atoms with Gasteiger partial charge in [0.05, 0.1) is 0 Å². The smallest absolute Gasteiger partial charge is 0.0477 e. The Morgan fingerprint density at radius 2 is 2.20 bits per heavy atom. The highest BCUT2D eigenvalue weighted by molar-refractivity contribution is 6.31. The van der Waals surface area contributed by atoms with E-state index in [-0.39, 0.29) is 12.6 Å². The normalized spacial score (nSPS) is 26.5. The second-order valence-corrected chi connectivity index (χ2v) is 4.45. The number of rotatable bonds is 2. The maximum atomic E-state index is 9.33. The predicted octanol–water partition coefficient (Wildman–Crippen LogP) is 2.37. The van der Waals surface area contributed by atoms with Crippen LogP contribution in [0.3, 0.4) is 0 Å². The summed E-state index contributed by atoms with van der Waals surface area (Å²) in [6.45, 7) is 1.23. The van der Waals surface area contributed by atoms with Crippen LogP contribution in [-0.4, -0.2) is 18.3 Å². The van der Waals surface area contributed by atoms with E-state index >= 15 is 0 Å². The maximum Gasteiger partial charge on any atom is 0.0477 e. The van der Waals surface area contributed by atoms with Gasteiger partial charge >= 0.3 is 0 Å². The van der Waals surface area contributed by atoms with E-state index in [0.29, 0.717) is 5.92 Å². The van der Waals surface area contributed by atoms with E-state index in [9.17, 15) is 5.11 Å². The molecule has 15 heavy (non-hydrogen) atoms. The van der Waals surface area contributed by atoms with Gasteiger partial charge in [-0.15, -0.1) is 0 Å². The van der Waals surface area contributed by atoms with Gasteiger partial charge in [0, 0.05) is 23.6 Å². The zero-order chi connectivity index (χ0) is 10.7. The molecule has 2 unspecified atom stereocenters.